The van der Waals surface area contributed by atoms with Crippen LogP contribution in [0, 0.1) is 0 Å². The quantitative estimate of drug-likeness (QED) is 0.331. The maximum atomic E-state index is 7.92. The first-order valence-corrected chi connectivity index (χ1v) is 3.74. The minimum Gasteiger partial charge on any atom is -0.379 e. The fraction of sp³-hybridized carbons (Fsp3) is 1.00. The van der Waals surface area contributed by atoms with Crippen LogP contribution in [0.3, 0.4) is 0 Å². The van der Waals surface area contributed by atoms with Crippen LogP contribution in [0.1, 0.15) is 0 Å². The van der Waals surface area contributed by atoms with Crippen LogP contribution >= 0.6 is 0 Å². The molecule has 0 amide bonds. The summed E-state index contributed by atoms with van der Waals surface area (Å²) < 4.78 is 4.29. The average Bonchev–Trinajstić information content (AvgIpc) is 1.35. The summed E-state index contributed by atoms with van der Waals surface area (Å²) in [6.07, 6.45) is 0. The number of aliphatic hydroxyl groups is 2. The monoisotopic (exact) mass is 108 g/mol. The molecule has 0 heterocycles. The molecule has 0 aromatic carbocycles. The Morgan fingerprint density at radius 3 is 2.17 bits per heavy atom. The van der Waals surface area contributed by atoms with E-state index in [-0.39, 0.29) is 0 Å². The van der Waals surface area contributed by atoms with Crippen molar-refractivity contribution >= 4 is 9.76 Å². The van der Waals surface area contributed by atoms with Gasteiger partial charge in [0.15, 0.2) is 9.76 Å². The Bertz CT molecular complexity index is 30.0. The van der Waals surface area contributed by atoms with E-state index in [2.05, 4.69) is 4.43 Å². The van der Waals surface area contributed by atoms with Crippen LogP contribution < -0.4 is 0 Å². The van der Waals surface area contributed by atoms with Crippen molar-refractivity contribution in [2.24, 2.45) is 0 Å². The van der Waals surface area contributed by atoms with Gasteiger partial charge < -0.3 is 14.6 Å². The second kappa shape index (κ2) is 3.29. The third-order valence-electron chi connectivity index (χ3n) is 0.316. The van der Waals surface area contributed by atoms with Crippen LogP contribution in [-0.4, -0.2) is 26.5 Å². The summed E-state index contributed by atoms with van der Waals surface area (Å²) >= 11 is 0. The SMILES string of the molecule is C[SiH2]OC(O)O. The van der Waals surface area contributed by atoms with Crippen molar-refractivity contribution < 1.29 is 14.6 Å². The number of aliphatic hydroxyl groups excluding tert-OH is 1. The first-order valence-electron chi connectivity index (χ1n) is 1.75. The Labute approximate surface area is 38.5 Å². The van der Waals surface area contributed by atoms with Gasteiger partial charge in [0.2, 0.25) is 0 Å². The van der Waals surface area contributed by atoms with Gasteiger partial charge in [-0.1, -0.05) is 6.55 Å². The molecule has 2 N–H and O–H groups in total. The van der Waals surface area contributed by atoms with E-state index in [0.29, 0.717) is 0 Å². The van der Waals surface area contributed by atoms with Gasteiger partial charge in [0.25, 0.3) is 6.48 Å². The Morgan fingerprint density at radius 1 is 1.67 bits per heavy atom. The topological polar surface area (TPSA) is 49.7 Å². The van der Waals surface area contributed by atoms with E-state index in [9.17, 15) is 0 Å². The molecule has 0 bridgehead atoms. The summed E-state index contributed by atoms with van der Waals surface area (Å²) in [5.41, 5.74) is 0. The minimum absolute atomic E-state index is 0.633. The van der Waals surface area contributed by atoms with Crippen molar-refractivity contribution in [1.29, 1.82) is 0 Å². The molecule has 0 aliphatic rings. The van der Waals surface area contributed by atoms with E-state index in [0.717, 1.165) is 0 Å². The fourth-order valence-corrected chi connectivity index (χ4v) is 0.447. The van der Waals surface area contributed by atoms with Crippen LogP contribution in [0.5, 0.6) is 0 Å². The maximum absolute atomic E-state index is 7.92. The highest BCUT2D eigenvalue weighted by Crippen LogP contribution is 1.72. The van der Waals surface area contributed by atoms with Gasteiger partial charge in [0.05, 0.1) is 0 Å². The van der Waals surface area contributed by atoms with Gasteiger partial charge in [-0.3, -0.25) is 0 Å². The molecule has 3 nitrogen and oxygen atoms in total. The third-order valence-corrected chi connectivity index (χ3v) is 0.947. The van der Waals surface area contributed by atoms with Crippen molar-refractivity contribution in [3.63, 3.8) is 0 Å². The smallest absolute Gasteiger partial charge is 0.256 e. The zero-order chi connectivity index (χ0) is 4.99. The Kier molecular flexibility index (Phi) is 3.35. The molecule has 0 saturated heterocycles. The zero-order valence-electron chi connectivity index (χ0n) is 3.59. The van der Waals surface area contributed by atoms with Crippen molar-refractivity contribution in [1.82, 2.24) is 0 Å². The molecular weight excluding hydrogens is 100 g/mol. The Hall–Kier alpha value is 0.0969. The molecule has 0 aromatic heterocycles. The molecule has 0 rings (SSSR count). The van der Waals surface area contributed by atoms with Crippen LogP contribution in [-0.2, 0) is 4.43 Å². The molecule has 0 unspecified atom stereocenters. The highest BCUT2D eigenvalue weighted by Gasteiger charge is 1.87. The second-order valence-corrected chi connectivity index (χ2v) is 1.69. The summed E-state index contributed by atoms with van der Waals surface area (Å²) in [5, 5.41) is 15.8. The van der Waals surface area contributed by atoms with Crippen molar-refractivity contribution in [2.75, 3.05) is 0 Å². The lowest BCUT2D eigenvalue weighted by Crippen LogP contribution is -2.10. The summed E-state index contributed by atoms with van der Waals surface area (Å²) in [4.78, 5) is 0. The van der Waals surface area contributed by atoms with Crippen LogP contribution in [0.4, 0.5) is 0 Å². The molecule has 6 heavy (non-hydrogen) atoms. The van der Waals surface area contributed by atoms with E-state index < -0.39 is 16.2 Å². The predicted molar refractivity (Wildman–Crippen MR) is 23.7 cm³/mol. The van der Waals surface area contributed by atoms with Gasteiger partial charge in [-0.2, -0.15) is 0 Å². The van der Waals surface area contributed by atoms with Gasteiger partial charge in [-0.15, -0.1) is 0 Å². The Balaban J connectivity index is 2.63. The molecule has 0 fully saturated rings. The molecule has 0 spiro atoms. The molecule has 0 saturated carbocycles. The van der Waals surface area contributed by atoms with Crippen molar-refractivity contribution in [3.8, 4) is 0 Å². The molecule has 38 valence electrons. The summed E-state index contributed by atoms with van der Waals surface area (Å²) in [7, 11) is -0.633. The van der Waals surface area contributed by atoms with Crippen LogP contribution in [0.15, 0.2) is 0 Å². The highest BCUT2D eigenvalue weighted by atomic mass is 28.2. The van der Waals surface area contributed by atoms with Crippen molar-refractivity contribution in [2.45, 2.75) is 13.0 Å². The molecular formula is C2H8O3Si. The lowest BCUT2D eigenvalue weighted by molar-refractivity contribution is -0.179. The van der Waals surface area contributed by atoms with E-state index in [1.807, 2.05) is 6.55 Å². The summed E-state index contributed by atoms with van der Waals surface area (Å²) in [6.45, 7) is 0.279. The number of hydrogen-bond donors (Lipinski definition) is 2. The molecule has 0 aliphatic carbocycles. The maximum Gasteiger partial charge on any atom is 0.256 e. The van der Waals surface area contributed by atoms with Gasteiger partial charge in [-0.05, 0) is 0 Å². The lowest BCUT2D eigenvalue weighted by Gasteiger charge is -1.98. The first-order chi connectivity index (χ1) is 2.77. The van der Waals surface area contributed by atoms with E-state index >= 15 is 0 Å². The largest absolute Gasteiger partial charge is 0.379 e. The summed E-state index contributed by atoms with van der Waals surface area (Å²) in [6, 6.07) is 0. The van der Waals surface area contributed by atoms with Crippen LogP contribution in [0.25, 0.3) is 0 Å². The molecule has 0 aromatic rings. The molecule has 0 atom stereocenters. The molecule has 4 heteroatoms. The number of rotatable bonds is 2. The summed E-state index contributed by atoms with van der Waals surface area (Å²) in [5.74, 6) is 0. The van der Waals surface area contributed by atoms with Gasteiger partial charge >= 0.3 is 0 Å². The number of hydrogen-bond acceptors (Lipinski definition) is 3. The second-order valence-electron chi connectivity index (χ2n) is 0.782. The lowest BCUT2D eigenvalue weighted by atomic mass is 11.4. The van der Waals surface area contributed by atoms with Crippen LogP contribution in [0.2, 0.25) is 6.55 Å². The van der Waals surface area contributed by atoms with E-state index in [4.69, 9.17) is 10.2 Å². The van der Waals surface area contributed by atoms with Gasteiger partial charge in [0, 0.05) is 0 Å². The van der Waals surface area contributed by atoms with Gasteiger partial charge in [0.1, 0.15) is 0 Å². The normalized spacial score (nSPS) is 12.0. The zero-order valence-corrected chi connectivity index (χ0v) is 5.00. The van der Waals surface area contributed by atoms with E-state index in [1.54, 1.807) is 0 Å². The fourth-order valence-electron chi connectivity index (χ4n) is 0.149. The predicted octanol–water partition coefficient (Wildman–Crippen LogP) is -1.60. The average molecular weight is 108 g/mol. The Morgan fingerprint density at radius 2 is 2.17 bits per heavy atom. The first kappa shape index (κ1) is 6.10. The highest BCUT2D eigenvalue weighted by molar-refractivity contribution is 6.24. The molecule has 0 radical (unpaired) electrons. The van der Waals surface area contributed by atoms with E-state index in [1.165, 1.54) is 0 Å². The third kappa shape index (κ3) is 4.10. The molecule has 0 aliphatic heterocycles. The minimum atomic E-state index is -1.54. The van der Waals surface area contributed by atoms with Gasteiger partial charge in [-0.25, -0.2) is 0 Å². The van der Waals surface area contributed by atoms with Crippen molar-refractivity contribution in [3.05, 3.63) is 0 Å². The standard InChI is InChI=1S/C2H8O3Si/c1-6-5-2(3)4/h2-4H,6H2,1H3.